The molecule has 2 rings (SSSR count). The summed E-state index contributed by atoms with van der Waals surface area (Å²) in [7, 11) is 0. The number of carbonyl (C=O) groups excluding carboxylic acids is 2. The Bertz CT molecular complexity index is 431. The monoisotopic (exact) mass is 246 g/mol. The molecular formula is C14H18N2O2. The van der Waals surface area contributed by atoms with Crippen LogP contribution < -0.4 is 5.32 Å². The van der Waals surface area contributed by atoms with Gasteiger partial charge in [0.2, 0.25) is 11.8 Å². The van der Waals surface area contributed by atoms with Gasteiger partial charge >= 0.3 is 0 Å². The predicted octanol–water partition coefficient (Wildman–Crippen LogP) is 0.966. The van der Waals surface area contributed by atoms with Crippen molar-refractivity contribution in [3.63, 3.8) is 0 Å². The highest BCUT2D eigenvalue weighted by Crippen LogP contribution is 2.08. The molecule has 1 N–H and O–H groups in total. The van der Waals surface area contributed by atoms with Crippen molar-refractivity contribution in [1.29, 1.82) is 0 Å². The Hall–Kier alpha value is -1.68. The van der Waals surface area contributed by atoms with E-state index in [1.807, 2.05) is 37.3 Å². The van der Waals surface area contributed by atoms with E-state index in [1.165, 1.54) is 4.90 Å². The lowest BCUT2D eigenvalue weighted by atomic mass is 10.1. The summed E-state index contributed by atoms with van der Waals surface area (Å²) in [5.41, 5.74) is 1.14. The fourth-order valence-corrected chi connectivity index (χ4v) is 2.14. The van der Waals surface area contributed by atoms with Crippen LogP contribution in [0, 0.1) is 0 Å². The lowest BCUT2D eigenvalue weighted by Crippen LogP contribution is -2.58. The summed E-state index contributed by atoms with van der Waals surface area (Å²) in [5.74, 6) is -0.217. The standard InChI is InChI=1S/C14H18N2O2/c1-2-12-14(18)16(13(17)10-15-12)9-8-11-6-4-3-5-7-11/h3-7,12,15H,2,8-10H2,1H3. The minimum absolute atomic E-state index is 0.0929. The van der Waals surface area contributed by atoms with Gasteiger partial charge < -0.3 is 0 Å². The van der Waals surface area contributed by atoms with E-state index in [0.29, 0.717) is 13.0 Å². The molecule has 1 aliphatic rings. The molecule has 1 heterocycles. The molecule has 1 fully saturated rings. The molecule has 1 unspecified atom stereocenters. The number of piperazine rings is 1. The molecule has 4 nitrogen and oxygen atoms in total. The van der Waals surface area contributed by atoms with Crippen LogP contribution in [-0.4, -0.2) is 35.8 Å². The summed E-state index contributed by atoms with van der Waals surface area (Å²) >= 11 is 0. The lowest BCUT2D eigenvalue weighted by molar-refractivity contribution is -0.149. The maximum absolute atomic E-state index is 12.0. The fourth-order valence-electron chi connectivity index (χ4n) is 2.14. The van der Waals surface area contributed by atoms with Gasteiger partial charge in [0.05, 0.1) is 12.6 Å². The number of benzene rings is 1. The zero-order valence-electron chi connectivity index (χ0n) is 10.6. The average molecular weight is 246 g/mol. The van der Waals surface area contributed by atoms with E-state index < -0.39 is 0 Å². The molecule has 1 saturated heterocycles. The van der Waals surface area contributed by atoms with E-state index in [1.54, 1.807) is 0 Å². The number of amides is 2. The number of imide groups is 1. The van der Waals surface area contributed by atoms with Crippen LogP contribution in [0.2, 0.25) is 0 Å². The Kier molecular flexibility index (Phi) is 4.10. The first kappa shape index (κ1) is 12.8. The smallest absolute Gasteiger partial charge is 0.246 e. The largest absolute Gasteiger partial charge is 0.297 e. The molecule has 2 amide bonds. The van der Waals surface area contributed by atoms with Crippen LogP contribution in [-0.2, 0) is 16.0 Å². The van der Waals surface area contributed by atoms with Gasteiger partial charge in [-0.15, -0.1) is 0 Å². The van der Waals surface area contributed by atoms with Crippen LogP contribution in [0.5, 0.6) is 0 Å². The second-order valence-electron chi connectivity index (χ2n) is 4.46. The number of nitrogens with zero attached hydrogens (tertiary/aromatic N) is 1. The van der Waals surface area contributed by atoms with Crippen LogP contribution in [0.1, 0.15) is 18.9 Å². The number of rotatable bonds is 4. The summed E-state index contributed by atoms with van der Waals surface area (Å²) in [4.78, 5) is 25.1. The maximum Gasteiger partial charge on any atom is 0.246 e. The summed E-state index contributed by atoms with van der Waals surface area (Å²) in [6, 6.07) is 9.69. The summed E-state index contributed by atoms with van der Waals surface area (Å²) < 4.78 is 0. The molecule has 96 valence electrons. The minimum atomic E-state index is -0.210. The number of hydrogen-bond donors (Lipinski definition) is 1. The van der Waals surface area contributed by atoms with Crippen LogP contribution in [0.3, 0.4) is 0 Å². The fraction of sp³-hybridized carbons (Fsp3) is 0.429. The highest BCUT2D eigenvalue weighted by Gasteiger charge is 2.32. The van der Waals surface area contributed by atoms with Crippen molar-refractivity contribution in [2.45, 2.75) is 25.8 Å². The van der Waals surface area contributed by atoms with Crippen molar-refractivity contribution < 1.29 is 9.59 Å². The maximum atomic E-state index is 12.0. The molecule has 1 aliphatic heterocycles. The van der Waals surface area contributed by atoms with Crippen molar-refractivity contribution in [3.8, 4) is 0 Å². The van der Waals surface area contributed by atoms with E-state index in [4.69, 9.17) is 0 Å². The first-order valence-electron chi connectivity index (χ1n) is 6.34. The van der Waals surface area contributed by atoms with E-state index in [2.05, 4.69) is 5.32 Å². The molecule has 0 aliphatic carbocycles. The van der Waals surface area contributed by atoms with Gasteiger partial charge in [-0.25, -0.2) is 0 Å². The molecule has 1 aromatic rings. The molecule has 1 aromatic carbocycles. The van der Waals surface area contributed by atoms with Gasteiger partial charge in [0.15, 0.2) is 0 Å². The number of hydrogen-bond acceptors (Lipinski definition) is 3. The van der Waals surface area contributed by atoms with Crippen molar-refractivity contribution in [2.24, 2.45) is 0 Å². The van der Waals surface area contributed by atoms with Crippen LogP contribution >= 0.6 is 0 Å². The molecule has 0 spiro atoms. The average Bonchev–Trinajstić information content (AvgIpc) is 2.40. The Balaban J connectivity index is 1.98. The molecule has 0 saturated carbocycles. The van der Waals surface area contributed by atoms with E-state index >= 15 is 0 Å². The van der Waals surface area contributed by atoms with E-state index in [0.717, 1.165) is 12.0 Å². The van der Waals surface area contributed by atoms with E-state index in [-0.39, 0.29) is 24.4 Å². The molecule has 0 radical (unpaired) electrons. The van der Waals surface area contributed by atoms with Crippen LogP contribution in [0.25, 0.3) is 0 Å². The van der Waals surface area contributed by atoms with Crippen molar-refractivity contribution in [3.05, 3.63) is 35.9 Å². The summed E-state index contributed by atoms with van der Waals surface area (Å²) in [6.45, 7) is 2.68. The van der Waals surface area contributed by atoms with Crippen molar-refractivity contribution in [1.82, 2.24) is 10.2 Å². The zero-order chi connectivity index (χ0) is 13.0. The summed E-state index contributed by atoms with van der Waals surface area (Å²) in [6.07, 6.45) is 1.43. The molecule has 18 heavy (non-hydrogen) atoms. The molecule has 0 aromatic heterocycles. The third-order valence-corrected chi connectivity index (χ3v) is 3.24. The Morgan fingerprint density at radius 3 is 2.67 bits per heavy atom. The third-order valence-electron chi connectivity index (χ3n) is 3.24. The molecule has 0 bridgehead atoms. The third kappa shape index (κ3) is 2.76. The summed E-state index contributed by atoms with van der Waals surface area (Å²) in [5, 5.41) is 2.96. The van der Waals surface area contributed by atoms with Gasteiger partial charge in [0.25, 0.3) is 0 Å². The Morgan fingerprint density at radius 2 is 2.00 bits per heavy atom. The molecule has 4 heteroatoms. The van der Waals surface area contributed by atoms with Crippen molar-refractivity contribution >= 4 is 11.8 Å². The first-order valence-corrected chi connectivity index (χ1v) is 6.34. The minimum Gasteiger partial charge on any atom is -0.297 e. The van der Waals surface area contributed by atoms with Gasteiger partial charge in [0.1, 0.15) is 0 Å². The Labute approximate surface area is 107 Å². The lowest BCUT2D eigenvalue weighted by Gasteiger charge is -2.31. The number of carbonyl (C=O) groups is 2. The molecule has 1 atom stereocenters. The van der Waals surface area contributed by atoms with Crippen LogP contribution in [0.4, 0.5) is 0 Å². The highest BCUT2D eigenvalue weighted by atomic mass is 16.2. The van der Waals surface area contributed by atoms with E-state index in [9.17, 15) is 9.59 Å². The van der Waals surface area contributed by atoms with Crippen molar-refractivity contribution in [2.75, 3.05) is 13.1 Å². The van der Waals surface area contributed by atoms with Gasteiger partial charge in [-0.3, -0.25) is 19.8 Å². The predicted molar refractivity (Wildman–Crippen MR) is 68.9 cm³/mol. The Morgan fingerprint density at radius 1 is 1.28 bits per heavy atom. The second kappa shape index (κ2) is 5.78. The topological polar surface area (TPSA) is 49.4 Å². The number of nitrogens with one attached hydrogen (secondary N) is 1. The van der Waals surface area contributed by atoms with Gasteiger partial charge in [-0.1, -0.05) is 37.3 Å². The molecular weight excluding hydrogens is 228 g/mol. The van der Waals surface area contributed by atoms with Gasteiger partial charge in [-0.2, -0.15) is 0 Å². The second-order valence-corrected chi connectivity index (χ2v) is 4.46. The highest BCUT2D eigenvalue weighted by molar-refractivity contribution is 6.01. The SMILES string of the molecule is CCC1NCC(=O)N(CCc2ccccc2)C1=O. The van der Waals surface area contributed by atoms with Gasteiger partial charge in [-0.05, 0) is 18.4 Å². The normalized spacial score (nSPS) is 20.3. The zero-order valence-corrected chi connectivity index (χ0v) is 10.6. The first-order chi connectivity index (χ1) is 8.72. The quantitative estimate of drug-likeness (QED) is 0.805. The van der Waals surface area contributed by atoms with Crippen LogP contribution in [0.15, 0.2) is 30.3 Å². The van der Waals surface area contributed by atoms with Gasteiger partial charge in [0, 0.05) is 6.54 Å².